The molecule has 4 nitrogen and oxygen atoms in total. The van der Waals surface area contributed by atoms with E-state index in [1.54, 1.807) is 18.2 Å². The van der Waals surface area contributed by atoms with Gasteiger partial charge in [0, 0.05) is 22.1 Å². The van der Waals surface area contributed by atoms with Crippen LogP contribution in [-0.2, 0) is 0 Å². The highest BCUT2D eigenvalue weighted by atomic mass is 127. The Hall–Kier alpha value is -1.11. The van der Waals surface area contributed by atoms with Gasteiger partial charge in [-0.3, -0.25) is 4.79 Å². The third kappa shape index (κ3) is 4.28. The molecule has 0 radical (unpaired) electrons. The van der Waals surface area contributed by atoms with Crippen LogP contribution < -0.4 is 5.32 Å². The Morgan fingerprint density at radius 3 is 2.73 bits per heavy atom. The molecule has 5 heteroatoms. The van der Waals surface area contributed by atoms with E-state index < -0.39 is 6.09 Å². The van der Waals surface area contributed by atoms with Gasteiger partial charge in [0.15, 0.2) is 5.78 Å². The van der Waals surface area contributed by atoms with Crippen LogP contribution in [0.2, 0.25) is 0 Å². The second kappa shape index (κ2) is 5.69. The van der Waals surface area contributed by atoms with Gasteiger partial charge < -0.3 is 10.4 Å². The van der Waals surface area contributed by atoms with Gasteiger partial charge in [-0.15, -0.1) is 0 Å². The normalized spacial score (nSPS) is 9.67. The van der Waals surface area contributed by atoms with Gasteiger partial charge in [0.05, 0.1) is 0 Å². The molecule has 0 spiro atoms. The van der Waals surface area contributed by atoms with Gasteiger partial charge >= 0.3 is 6.09 Å². The number of benzene rings is 1. The fourth-order valence-electron chi connectivity index (χ4n) is 1.09. The molecule has 80 valence electrons. The molecule has 0 fully saturated rings. The summed E-state index contributed by atoms with van der Waals surface area (Å²) in [4.78, 5) is 21.7. The lowest BCUT2D eigenvalue weighted by atomic mass is 10.1. The van der Waals surface area contributed by atoms with Gasteiger partial charge in [0.2, 0.25) is 0 Å². The fourth-order valence-corrected chi connectivity index (χ4v) is 1.63. The summed E-state index contributed by atoms with van der Waals surface area (Å²) < 4.78 is 0.990. The SMILES string of the molecule is O=C(O)NCCC(=O)c1cccc(I)c1. The Kier molecular flexibility index (Phi) is 4.54. The quantitative estimate of drug-likeness (QED) is 0.660. The lowest BCUT2D eigenvalue weighted by Crippen LogP contribution is -2.23. The molecule has 1 aromatic rings. The molecule has 0 aliphatic rings. The predicted molar refractivity (Wildman–Crippen MR) is 64.1 cm³/mol. The lowest BCUT2D eigenvalue weighted by molar-refractivity contribution is 0.0983. The van der Waals surface area contributed by atoms with E-state index in [1.165, 1.54) is 0 Å². The maximum absolute atomic E-state index is 11.5. The number of rotatable bonds is 4. The van der Waals surface area contributed by atoms with E-state index in [0.717, 1.165) is 3.57 Å². The van der Waals surface area contributed by atoms with E-state index in [1.807, 2.05) is 6.07 Å². The van der Waals surface area contributed by atoms with E-state index in [0.29, 0.717) is 5.56 Å². The number of carboxylic acid groups (broad SMARTS) is 1. The molecule has 0 aromatic heterocycles. The third-order valence-electron chi connectivity index (χ3n) is 1.77. The minimum absolute atomic E-state index is 0.0535. The van der Waals surface area contributed by atoms with Crippen molar-refractivity contribution in [2.45, 2.75) is 6.42 Å². The Morgan fingerprint density at radius 1 is 1.40 bits per heavy atom. The Balaban J connectivity index is 2.50. The summed E-state index contributed by atoms with van der Waals surface area (Å²) in [5.41, 5.74) is 0.620. The number of halogens is 1. The van der Waals surface area contributed by atoms with Gasteiger partial charge in [-0.1, -0.05) is 12.1 Å². The summed E-state index contributed by atoms with van der Waals surface area (Å²) in [5.74, 6) is -0.0535. The number of carbonyl (C=O) groups is 2. The number of amides is 1. The molecule has 0 saturated heterocycles. The Morgan fingerprint density at radius 2 is 2.13 bits per heavy atom. The summed E-state index contributed by atoms with van der Waals surface area (Å²) in [6.45, 7) is 0.152. The molecule has 1 aromatic carbocycles. The minimum atomic E-state index is -1.11. The summed E-state index contributed by atoms with van der Waals surface area (Å²) in [7, 11) is 0. The summed E-state index contributed by atoms with van der Waals surface area (Å²) >= 11 is 2.13. The van der Waals surface area contributed by atoms with Gasteiger partial charge in [-0.05, 0) is 34.7 Å². The zero-order chi connectivity index (χ0) is 11.3. The first-order valence-corrected chi connectivity index (χ1v) is 5.43. The molecule has 0 aliphatic heterocycles. The average Bonchev–Trinajstić information content (AvgIpc) is 2.17. The Labute approximate surface area is 101 Å². The molecule has 0 atom stereocenters. The number of hydrogen-bond donors (Lipinski definition) is 2. The number of ketones is 1. The van der Waals surface area contributed by atoms with Crippen molar-refractivity contribution in [1.82, 2.24) is 5.32 Å². The van der Waals surface area contributed by atoms with Crippen molar-refractivity contribution in [3.8, 4) is 0 Å². The molecule has 0 heterocycles. The number of nitrogens with one attached hydrogen (secondary N) is 1. The molecule has 1 amide bonds. The van der Waals surface area contributed by atoms with Gasteiger partial charge in [0.1, 0.15) is 0 Å². The number of hydrogen-bond acceptors (Lipinski definition) is 2. The monoisotopic (exact) mass is 319 g/mol. The van der Waals surface area contributed by atoms with Crippen LogP contribution >= 0.6 is 22.6 Å². The third-order valence-corrected chi connectivity index (χ3v) is 2.45. The van der Waals surface area contributed by atoms with E-state index in [9.17, 15) is 9.59 Å². The van der Waals surface area contributed by atoms with Crippen molar-refractivity contribution in [1.29, 1.82) is 0 Å². The molecule has 1 rings (SSSR count). The molecule has 0 bridgehead atoms. The number of Topliss-reactive ketones (excluding diaryl/α,β-unsaturated/α-hetero) is 1. The first kappa shape index (κ1) is 12.0. The maximum atomic E-state index is 11.5. The van der Waals surface area contributed by atoms with Crippen LogP contribution in [0.4, 0.5) is 4.79 Å². The van der Waals surface area contributed by atoms with Crippen LogP contribution in [0.25, 0.3) is 0 Å². The van der Waals surface area contributed by atoms with E-state index in [4.69, 9.17) is 5.11 Å². The van der Waals surface area contributed by atoms with Crippen molar-refractivity contribution in [3.63, 3.8) is 0 Å². The molecule has 0 saturated carbocycles. The molecule has 15 heavy (non-hydrogen) atoms. The summed E-state index contributed by atoms with van der Waals surface area (Å²) in [6, 6.07) is 7.21. The van der Waals surface area contributed by atoms with Crippen molar-refractivity contribution in [2.24, 2.45) is 0 Å². The molecule has 0 aliphatic carbocycles. The first-order valence-electron chi connectivity index (χ1n) is 4.35. The van der Waals surface area contributed by atoms with Gasteiger partial charge in [-0.2, -0.15) is 0 Å². The van der Waals surface area contributed by atoms with Crippen LogP contribution in [-0.4, -0.2) is 23.5 Å². The maximum Gasteiger partial charge on any atom is 0.404 e. The summed E-state index contributed by atoms with van der Waals surface area (Å²) in [6.07, 6.45) is -0.919. The summed E-state index contributed by atoms with van der Waals surface area (Å²) in [5, 5.41) is 10.5. The Bertz CT molecular complexity index is 379. The van der Waals surface area contributed by atoms with Crippen molar-refractivity contribution in [3.05, 3.63) is 33.4 Å². The van der Waals surface area contributed by atoms with Crippen molar-refractivity contribution < 1.29 is 14.7 Å². The van der Waals surface area contributed by atoms with Crippen LogP contribution in [0, 0.1) is 3.57 Å². The second-order valence-electron chi connectivity index (χ2n) is 2.92. The second-order valence-corrected chi connectivity index (χ2v) is 4.16. The lowest BCUT2D eigenvalue weighted by Gasteiger charge is -2.01. The highest BCUT2D eigenvalue weighted by Gasteiger charge is 2.06. The standard InChI is InChI=1S/C10H10INO3/c11-8-3-1-2-7(6-8)9(13)4-5-12-10(14)15/h1-3,6,12H,4-5H2,(H,14,15). The average molecular weight is 319 g/mol. The van der Waals surface area contributed by atoms with E-state index in [-0.39, 0.29) is 18.7 Å². The van der Waals surface area contributed by atoms with E-state index in [2.05, 4.69) is 27.9 Å². The highest BCUT2D eigenvalue weighted by molar-refractivity contribution is 14.1. The van der Waals surface area contributed by atoms with Crippen LogP contribution in [0.15, 0.2) is 24.3 Å². The van der Waals surface area contributed by atoms with Crippen molar-refractivity contribution >= 4 is 34.5 Å². The topological polar surface area (TPSA) is 66.4 Å². The molecule has 2 N–H and O–H groups in total. The molecule has 0 unspecified atom stereocenters. The molecular weight excluding hydrogens is 309 g/mol. The molecular formula is C10H10INO3. The van der Waals surface area contributed by atoms with Crippen molar-refractivity contribution in [2.75, 3.05) is 6.54 Å². The van der Waals surface area contributed by atoms with Crippen LogP contribution in [0.5, 0.6) is 0 Å². The minimum Gasteiger partial charge on any atom is -0.465 e. The first-order chi connectivity index (χ1) is 7.09. The van der Waals surface area contributed by atoms with E-state index >= 15 is 0 Å². The van der Waals surface area contributed by atoms with Gasteiger partial charge in [-0.25, -0.2) is 4.79 Å². The largest absolute Gasteiger partial charge is 0.465 e. The smallest absolute Gasteiger partial charge is 0.404 e. The zero-order valence-electron chi connectivity index (χ0n) is 7.87. The predicted octanol–water partition coefficient (Wildman–Crippen LogP) is 2.13. The highest BCUT2D eigenvalue weighted by Crippen LogP contribution is 2.09. The van der Waals surface area contributed by atoms with Crippen LogP contribution in [0.1, 0.15) is 16.8 Å². The van der Waals surface area contributed by atoms with Crippen LogP contribution in [0.3, 0.4) is 0 Å². The zero-order valence-corrected chi connectivity index (χ0v) is 10.0. The van der Waals surface area contributed by atoms with Gasteiger partial charge in [0.25, 0.3) is 0 Å². The fraction of sp³-hybridized carbons (Fsp3) is 0.200. The number of carbonyl (C=O) groups excluding carboxylic acids is 1.